The first-order chi connectivity index (χ1) is 14.9. The van der Waals surface area contributed by atoms with E-state index in [1.807, 2.05) is 62.4 Å². The summed E-state index contributed by atoms with van der Waals surface area (Å²) in [5.41, 5.74) is 5.03. The number of hydrogen-bond donors (Lipinski definition) is 0. The third-order valence-electron chi connectivity index (χ3n) is 5.02. The third-order valence-corrected chi connectivity index (χ3v) is 5.65. The van der Waals surface area contributed by atoms with Gasteiger partial charge in [-0.2, -0.15) is 0 Å². The van der Waals surface area contributed by atoms with Crippen molar-refractivity contribution in [3.8, 4) is 28.1 Å². The second kappa shape index (κ2) is 9.21. The molecule has 6 heteroatoms. The van der Waals surface area contributed by atoms with Crippen LogP contribution in [0.3, 0.4) is 0 Å². The van der Waals surface area contributed by atoms with Gasteiger partial charge in [0.1, 0.15) is 31.7 Å². The maximum Gasteiger partial charge on any atom is 0.146 e. The van der Waals surface area contributed by atoms with Crippen LogP contribution in [0.4, 0.5) is 0 Å². The van der Waals surface area contributed by atoms with Crippen LogP contribution in [0.1, 0.15) is 31.1 Å². The molecule has 0 unspecified atom stereocenters. The maximum absolute atomic E-state index is 6.41. The molecule has 4 rings (SSSR count). The van der Waals surface area contributed by atoms with Gasteiger partial charge in [-0.1, -0.05) is 90.1 Å². The average Bonchev–Trinajstić information content (AvgIpc) is 3.17. The summed E-state index contributed by atoms with van der Waals surface area (Å²) < 4.78 is 11.7. The van der Waals surface area contributed by atoms with Crippen molar-refractivity contribution in [3.05, 3.63) is 88.1 Å². The van der Waals surface area contributed by atoms with E-state index in [0.717, 1.165) is 33.7 Å². The van der Waals surface area contributed by atoms with Gasteiger partial charge in [-0.15, -0.1) is 0 Å². The molecule has 0 amide bonds. The van der Waals surface area contributed by atoms with Crippen LogP contribution in [0.25, 0.3) is 22.4 Å². The molecule has 0 fully saturated rings. The van der Waals surface area contributed by atoms with Crippen LogP contribution >= 0.6 is 23.2 Å². The molecule has 0 aliphatic carbocycles. The van der Waals surface area contributed by atoms with Gasteiger partial charge in [0.05, 0.1) is 15.6 Å². The Balaban J connectivity index is 1.59. The van der Waals surface area contributed by atoms with Gasteiger partial charge in [-0.25, -0.2) is 0 Å². The lowest BCUT2D eigenvalue weighted by Crippen LogP contribution is -2.01. The lowest BCUT2D eigenvalue weighted by molar-refractivity contribution is 0.298. The van der Waals surface area contributed by atoms with Crippen LogP contribution in [-0.4, -0.2) is 13.0 Å². The van der Waals surface area contributed by atoms with Crippen molar-refractivity contribution in [2.45, 2.75) is 26.4 Å². The molecule has 0 bridgehead atoms. The van der Waals surface area contributed by atoms with Crippen molar-refractivity contribution in [2.75, 3.05) is 0 Å². The van der Waals surface area contributed by atoms with E-state index in [1.54, 1.807) is 18.2 Å². The minimum atomic E-state index is 0.133. The monoisotopic (exact) mass is 447 g/mol. The van der Waals surface area contributed by atoms with Gasteiger partial charge in [0, 0.05) is 11.5 Å². The molecule has 0 spiro atoms. The molecule has 1 heterocycles. The summed E-state index contributed by atoms with van der Waals surface area (Å²) in [6, 6.07) is 21.1. The number of hydrogen-bond acceptors (Lipinski definition) is 3. The summed E-state index contributed by atoms with van der Waals surface area (Å²) >= 11 is 12.8. The average molecular weight is 448 g/mol. The highest BCUT2D eigenvalue weighted by Crippen LogP contribution is 2.38. The fourth-order valence-corrected chi connectivity index (χ4v) is 3.99. The highest BCUT2D eigenvalue weighted by molar-refractivity contribution is 6.39. The predicted molar refractivity (Wildman–Crippen MR) is 128 cm³/mol. The van der Waals surface area contributed by atoms with Gasteiger partial charge < -0.3 is 9.26 Å². The number of halogens is 2. The minimum absolute atomic E-state index is 0.133. The number of benzene rings is 3. The van der Waals surface area contributed by atoms with Crippen LogP contribution in [-0.2, 0) is 6.61 Å². The highest BCUT2D eigenvalue weighted by Gasteiger charge is 2.23. The summed E-state index contributed by atoms with van der Waals surface area (Å²) in [4.78, 5) is 0. The molecular weight excluding hydrogens is 428 g/mol. The SMILES string of the molecule is [B]c1ccc(-c2ccc(OCc3c(-c4c(Cl)cccc4Cl)noc3C(C)C)cc2)cc1. The molecule has 0 saturated heterocycles. The maximum atomic E-state index is 6.41. The Labute approximate surface area is 193 Å². The lowest BCUT2D eigenvalue weighted by atomic mass is 9.94. The molecular formula is C25H20BCl2NO2. The topological polar surface area (TPSA) is 35.3 Å². The van der Waals surface area contributed by atoms with E-state index in [-0.39, 0.29) is 12.5 Å². The molecule has 0 aliphatic heterocycles. The number of ether oxygens (including phenoxy) is 1. The molecule has 0 atom stereocenters. The van der Waals surface area contributed by atoms with Crippen molar-refractivity contribution >= 4 is 36.5 Å². The Kier molecular flexibility index (Phi) is 6.40. The van der Waals surface area contributed by atoms with Gasteiger partial charge in [0.25, 0.3) is 0 Å². The quantitative estimate of drug-likeness (QED) is 0.304. The first kappa shape index (κ1) is 21.5. The van der Waals surface area contributed by atoms with Crippen molar-refractivity contribution in [1.82, 2.24) is 5.16 Å². The Morgan fingerprint density at radius 3 is 2.06 bits per heavy atom. The van der Waals surface area contributed by atoms with Crippen LogP contribution in [0, 0.1) is 0 Å². The van der Waals surface area contributed by atoms with Gasteiger partial charge >= 0.3 is 0 Å². The third kappa shape index (κ3) is 4.66. The van der Waals surface area contributed by atoms with E-state index in [0.29, 0.717) is 21.3 Å². The van der Waals surface area contributed by atoms with E-state index < -0.39 is 0 Å². The highest BCUT2D eigenvalue weighted by atomic mass is 35.5. The fraction of sp³-hybridized carbons (Fsp3) is 0.160. The summed E-state index contributed by atoms with van der Waals surface area (Å²) in [6.07, 6.45) is 0. The van der Waals surface area contributed by atoms with Gasteiger partial charge in [-0.3, -0.25) is 0 Å². The molecule has 0 saturated carbocycles. The van der Waals surface area contributed by atoms with E-state index >= 15 is 0 Å². The molecule has 3 nitrogen and oxygen atoms in total. The summed E-state index contributed by atoms with van der Waals surface area (Å²) in [5.74, 6) is 1.63. The standard InChI is InChI=1S/C25H20BCl2NO2/c1-15(2)25-20(24(29-31-25)23-21(27)4-3-5-22(23)28)14-30-19-12-8-17(9-13-19)16-6-10-18(26)11-7-16/h3-13,15H,14H2,1-2H3. The largest absolute Gasteiger partial charge is 0.489 e. The van der Waals surface area contributed by atoms with Crippen molar-refractivity contribution in [2.24, 2.45) is 0 Å². The molecule has 2 radical (unpaired) electrons. The Morgan fingerprint density at radius 2 is 1.48 bits per heavy atom. The van der Waals surface area contributed by atoms with E-state index in [9.17, 15) is 0 Å². The molecule has 4 aromatic rings. The molecule has 154 valence electrons. The van der Waals surface area contributed by atoms with Crippen molar-refractivity contribution in [3.63, 3.8) is 0 Å². The van der Waals surface area contributed by atoms with E-state index in [1.165, 1.54) is 0 Å². The zero-order valence-corrected chi connectivity index (χ0v) is 18.7. The van der Waals surface area contributed by atoms with Gasteiger partial charge in [0.2, 0.25) is 0 Å². The first-order valence-corrected chi connectivity index (χ1v) is 10.7. The zero-order chi connectivity index (χ0) is 22.0. The zero-order valence-electron chi connectivity index (χ0n) is 17.2. The molecule has 0 aliphatic rings. The second-order valence-electron chi connectivity index (χ2n) is 7.56. The number of aromatic nitrogens is 1. The van der Waals surface area contributed by atoms with Crippen molar-refractivity contribution < 1.29 is 9.26 Å². The van der Waals surface area contributed by atoms with Crippen LogP contribution in [0.5, 0.6) is 5.75 Å². The number of nitrogens with zero attached hydrogens (tertiary/aromatic N) is 1. The fourth-order valence-electron chi connectivity index (χ4n) is 3.41. The summed E-state index contributed by atoms with van der Waals surface area (Å²) in [6.45, 7) is 4.38. The summed E-state index contributed by atoms with van der Waals surface area (Å²) in [7, 11) is 5.77. The second-order valence-corrected chi connectivity index (χ2v) is 8.37. The first-order valence-electron chi connectivity index (χ1n) is 9.95. The lowest BCUT2D eigenvalue weighted by Gasteiger charge is -2.11. The number of rotatable bonds is 6. The Bertz CT molecular complexity index is 1170. The van der Waals surface area contributed by atoms with Crippen LogP contribution in [0.2, 0.25) is 10.0 Å². The minimum Gasteiger partial charge on any atom is -0.489 e. The molecule has 3 aromatic carbocycles. The Hall–Kier alpha value is -2.69. The van der Waals surface area contributed by atoms with E-state index in [2.05, 4.69) is 5.16 Å². The van der Waals surface area contributed by atoms with Crippen molar-refractivity contribution in [1.29, 1.82) is 0 Å². The molecule has 1 aromatic heterocycles. The van der Waals surface area contributed by atoms with Crippen LogP contribution in [0.15, 0.2) is 71.3 Å². The van der Waals surface area contributed by atoms with Crippen LogP contribution < -0.4 is 10.2 Å². The normalized spacial score (nSPS) is 11.1. The molecule has 0 N–H and O–H groups in total. The smallest absolute Gasteiger partial charge is 0.146 e. The van der Waals surface area contributed by atoms with Gasteiger partial charge in [-0.05, 0) is 35.4 Å². The molecule has 31 heavy (non-hydrogen) atoms. The van der Waals surface area contributed by atoms with E-state index in [4.69, 9.17) is 40.3 Å². The predicted octanol–water partition coefficient (Wildman–Crippen LogP) is 6.81. The summed E-state index contributed by atoms with van der Waals surface area (Å²) in [5, 5.41) is 5.31. The Morgan fingerprint density at radius 1 is 0.903 bits per heavy atom. The van der Waals surface area contributed by atoms with Gasteiger partial charge in [0.15, 0.2) is 0 Å².